The number of ether oxygens (including phenoxy) is 1. The van der Waals surface area contributed by atoms with E-state index in [4.69, 9.17) is 4.74 Å². The summed E-state index contributed by atoms with van der Waals surface area (Å²) in [5.41, 5.74) is 3.45. The third-order valence-electron chi connectivity index (χ3n) is 4.17. The molecule has 0 saturated heterocycles. The zero-order chi connectivity index (χ0) is 18.4. The Morgan fingerprint density at radius 2 is 1.64 bits per heavy atom. The Balaban J connectivity index is 1.85. The second kappa shape index (κ2) is 8.06. The van der Waals surface area contributed by atoms with Gasteiger partial charge in [-0.15, -0.1) is 0 Å². The first-order chi connectivity index (χ1) is 11.8. The monoisotopic (exact) mass is 340 g/mol. The minimum Gasteiger partial charge on any atom is -0.484 e. The van der Waals surface area contributed by atoms with Crippen molar-refractivity contribution in [2.75, 3.05) is 19.0 Å². The fourth-order valence-electron chi connectivity index (χ4n) is 2.50. The van der Waals surface area contributed by atoms with Crippen LogP contribution in [-0.2, 0) is 10.2 Å². The summed E-state index contributed by atoms with van der Waals surface area (Å²) in [6.45, 7) is 8.47. The summed E-state index contributed by atoms with van der Waals surface area (Å²) in [5.74, 6) is 0.569. The van der Waals surface area contributed by atoms with E-state index in [0.717, 1.165) is 11.3 Å². The van der Waals surface area contributed by atoms with Crippen LogP contribution in [0.3, 0.4) is 0 Å². The number of carbonyl (C=O) groups excluding carboxylic acids is 1. The quantitative estimate of drug-likeness (QED) is 0.825. The van der Waals surface area contributed by atoms with Crippen LogP contribution < -0.4 is 15.4 Å². The molecule has 2 N–H and O–H groups in total. The van der Waals surface area contributed by atoms with E-state index in [1.165, 1.54) is 5.56 Å². The number of hydrogen-bond acceptors (Lipinski definition) is 3. The largest absolute Gasteiger partial charge is 0.484 e. The van der Waals surface area contributed by atoms with Gasteiger partial charge in [0.05, 0.1) is 6.04 Å². The molecule has 134 valence electrons. The van der Waals surface area contributed by atoms with Crippen molar-refractivity contribution in [2.24, 2.45) is 0 Å². The SMILES string of the molecule is CNc1ccc(C(C)NC(=O)COc2ccc(C(C)(C)C)cc2)cc1. The second-order valence-corrected chi connectivity index (χ2v) is 7.22. The molecule has 2 aromatic carbocycles. The van der Waals surface area contributed by atoms with Crippen LogP contribution in [0.15, 0.2) is 48.5 Å². The van der Waals surface area contributed by atoms with Gasteiger partial charge >= 0.3 is 0 Å². The summed E-state index contributed by atoms with van der Waals surface area (Å²) in [5, 5.41) is 6.03. The van der Waals surface area contributed by atoms with Gasteiger partial charge in [0.1, 0.15) is 5.75 Å². The van der Waals surface area contributed by atoms with Crippen molar-refractivity contribution in [3.63, 3.8) is 0 Å². The predicted molar refractivity (Wildman–Crippen MR) is 103 cm³/mol. The maximum Gasteiger partial charge on any atom is 0.258 e. The van der Waals surface area contributed by atoms with Gasteiger partial charge in [-0.05, 0) is 47.7 Å². The lowest BCUT2D eigenvalue weighted by Gasteiger charge is -2.19. The highest BCUT2D eigenvalue weighted by atomic mass is 16.5. The Labute approximate surface area is 150 Å². The molecular formula is C21H28N2O2. The molecule has 0 saturated carbocycles. The van der Waals surface area contributed by atoms with Crippen LogP contribution in [0.2, 0.25) is 0 Å². The predicted octanol–water partition coefficient (Wildman–Crippen LogP) is 4.28. The van der Waals surface area contributed by atoms with Crippen molar-refractivity contribution in [3.8, 4) is 5.75 Å². The van der Waals surface area contributed by atoms with Crippen LogP contribution in [0.4, 0.5) is 5.69 Å². The van der Waals surface area contributed by atoms with Crippen LogP contribution in [0.1, 0.15) is 44.9 Å². The molecule has 0 aliphatic carbocycles. The molecule has 0 radical (unpaired) electrons. The lowest BCUT2D eigenvalue weighted by Crippen LogP contribution is -2.31. The first-order valence-electron chi connectivity index (χ1n) is 8.60. The standard InChI is InChI=1S/C21H28N2O2/c1-15(16-6-10-18(22-5)11-7-16)23-20(24)14-25-19-12-8-17(9-13-19)21(2,3)4/h6-13,15,22H,14H2,1-5H3,(H,23,24). The summed E-state index contributed by atoms with van der Waals surface area (Å²) in [7, 11) is 1.88. The van der Waals surface area contributed by atoms with E-state index in [1.807, 2.05) is 62.5 Å². The first kappa shape index (κ1) is 18.8. The number of hydrogen-bond donors (Lipinski definition) is 2. The Morgan fingerprint density at radius 3 is 2.16 bits per heavy atom. The summed E-state index contributed by atoms with van der Waals surface area (Å²) in [6.07, 6.45) is 0. The van der Waals surface area contributed by atoms with E-state index in [-0.39, 0.29) is 24.0 Å². The van der Waals surface area contributed by atoms with Gasteiger partial charge in [-0.25, -0.2) is 0 Å². The molecular weight excluding hydrogens is 312 g/mol. The van der Waals surface area contributed by atoms with Crippen LogP contribution in [0.5, 0.6) is 5.75 Å². The van der Waals surface area contributed by atoms with E-state index in [2.05, 4.69) is 31.4 Å². The molecule has 0 spiro atoms. The lowest BCUT2D eigenvalue weighted by molar-refractivity contribution is -0.123. The molecule has 0 aliphatic rings. The number of benzene rings is 2. The molecule has 25 heavy (non-hydrogen) atoms. The molecule has 0 fully saturated rings. The average Bonchev–Trinajstić information content (AvgIpc) is 2.59. The van der Waals surface area contributed by atoms with Gasteiger partial charge in [0.25, 0.3) is 5.91 Å². The molecule has 1 amide bonds. The summed E-state index contributed by atoms with van der Waals surface area (Å²) < 4.78 is 5.59. The van der Waals surface area contributed by atoms with Crippen molar-refractivity contribution in [1.82, 2.24) is 5.32 Å². The Kier molecular flexibility index (Phi) is 6.07. The lowest BCUT2D eigenvalue weighted by atomic mass is 9.87. The van der Waals surface area contributed by atoms with Crippen molar-refractivity contribution >= 4 is 11.6 Å². The topological polar surface area (TPSA) is 50.4 Å². The van der Waals surface area contributed by atoms with Crippen LogP contribution in [0, 0.1) is 0 Å². The third kappa shape index (κ3) is 5.52. The van der Waals surface area contributed by atoms with E-state index in [0.29, 0.717) is 5.75 Å². The number of nitrogens with one attached hydrogen (secondary N) is 2. The van der Waals surface area contributed by atoms with Gasteiger partial charge in [-0.2, -0.15) is 0 Å². The third-order valence-corrected chi connectivity index (χ3v) is 4.17. The molecule has 2 aromatic rings. The Bertz CT molecular complexity index is 685. The highest BCUT2D eigenvalue weighted by Crippen LogP contribution is 2.24. The number of carbonyl (C=O) groups is 1. The molecule has 1 unspecified atom stereocenters. The van der Waals surface area contributed by atoms with Crippen molar-refractivity contribution in [2.45, 2.75) is 39.2 Å². The number of rotatable bonds is 6. The summed E-state index contributed by atoms with van der Waals surface area (Å²) in [6, 6.07) is 15.8. The Morgan fingerprint density at radius 1 is 1.04 bits per heavy atom. The van der Waals surface area contributed by atoms with Crippen molar-refractivity contribution < 1.29 is 9.53 Å². The van der Waals surface area contributed by atoms with Crippen LogP contribution >= 0.6 is 0 Å². The van der Waals surface area contributed by atoms with E-state index < -0.39 is 0 Å². The minimum atomic E-state index is -0.134. The fourth-order valence-corrected chi connectivity index (χ4v) is 2.50. The van der Waals surface area contributed by atoms with Crippen LogP contribution in [0.25, 0.3) is 0 Å². The molecule has 0 bridgehead atoms. The maximum atomic E-state index is 12.1. The smallest absolute Gasteiger partial charge is 0.258 e. The molecule has 0 aromatic heterocycles. The van der Waals surface area contributed by atoms with Gasteiger partial charge in [-0.3, -0.25) is 4.79 Å². The van der Waals surface area contributed by atoms with Crippen molar-refractivity contribution in [1.29, 1.82) is 0 Å². The maximum absolute atomic E-state index is 12.1. The van der Waals surface area contributed by atoms with Gasteiger partial charge < -0.3 is 15.4 Å². The van der Waals surface area contributed by atoms with E-state index in [9.17, 15) is 4.79 Å². The highest BCUT2D eigenvalue weighted by Gasteiger charge is 2.14. The molecule has 1 atom stereocenters. The minimum absolute atomic E-state index is 0.00774. The van der Waals surface area contributed by atoms with Crippen molar-refractivity contribution in [3.05, 3.63) is 59.7 Å². The first-order valence-corrected chi connectivity index (χ1v) is 8.60. The van der Waals surface area contributed by atoms with Gasteiger partial charge in [0, 0.05) is 12.7 Å². The van der Waals surface area contributed by atoms with Gasteiger partial charge in [0.2, 0.25) is 0 Å². The average molecular weight is 340 g/mol. The summed E-state index contributed by atoms with van der Waals surface area (Å²) >= 11 is 0. The fraction of sp³-hybridized carbons (Fsp3) is 0.381. The molecule has 4 nitrogen and oxygen atoms in total. The highest BCUT2D eigenvalue weighted by molar-refractivity contribution is 5.78. The molecule has 0 aliphatic heterocycles. The zero-order valence-electron chi connectivity index (χ0n) is 15.7. The van der Waals surface area contributed by atoms with Crippen LogP contribution in [-0.4, -0.2) is 19.6 Å². The van der Waals surface area contributed by atoms with E-state index >= 15 is 0 Å². The van der Waals surface area contributed by atoms with Gasteiger partial charge in [0.15, 0.2) is 6.61 Å². The number of anilines is 1. The normalized spacial score (nSPS) is 12.4. The Hall–Kier alpha value is -2.49. The number of amides is 1. The second-order valence-electron chi connectivity index (χ2n) is 7.22. The summed E-state index contributed by atoms with van der Waals surface area (Å²) in [4.78, 5) is 12.1. The molecule has 4 heteroatoms. The molecule has 2 rings (SSSR count). The molecule has 0 heterocycles. The van der Waals surface area contributed by atoms with E-state index in [1.54, 1.807) is 0 Å². The zero-order valence-corrected chi connectivity index (χ0v) is 15.7. The van der Waals surface area contributed by atoms with Gasteiger partial charge in [-0.1, -0.05) is 45.0 Å².